The third-order valence-corrected chi connectivity index (χ3v) is 13.1. The third kappa shape index (κ3) is 6.91. The van der Waals surface area contributed by atoms with E-state index in [4.69, 9.17) is 0 Å². The number of phenols is 2. The van der Waals surface area contributed by atoms with Gasteiger partial charge >= 0.3 is 0 Å². The van der Waals surface area contributed by atoms with Crippen LogP contribution in [0.25, 0.3) is 0 Å². The third-order valence-electron chi connectivity index (χ3n) is 13.1. The second kappa shape index (κ2) is 12.4. The van der Waals surface area contributed by atoms with Crippen LogP contribution in [-0.4, -0.2) is 10.2 Å². The maximum atomic E-state index is 12.1. The van der Waals surface area contributed by atoms with Crippen LogP contribution < -0.4 is 5.32 Å². The molecule has 4 atom stereocenters. The van der Waals surface area contributed by atoms with E-state index in [1.54, 1.807) is 0 Å². The van der Waals surface area contributed by atoms with Gasteiger partial charge in [-0.25, -0.2) is 0 Å². The van der Waals surface area contributed by atoms with E-state index >= 15 is 0 Å². The van der Waals surface area contributed by atoms with Gasteiger partial charge in [0, 0.05) is 35.3 Å². The first-order valence-corrected chi connectivity index (χ1v) is 19.3. The van der Waals surface area contributed by atoms with Gasteiger partial charge in [0.05, 0.1) is 0 Å². The summed E-state index contributed by atoms with van der Waals surface area (Å²) in [5.41, 5.74) is 7.18. The molecule has 4 aliphatic carbocycles. The minimum Gasteiger partial charge on any atom is -0.507 e. The SMILES string of the molecule is CC1CC2CC(C)CC(c3cc(C(C)(C)C)cc(CNCc4cc(C(C)(C)C)cc(C56CC(C)CC(CC(C)C5)C6)c4O)c3O)(C1)C2. The van der Waals surface area contributed by atoms with Gasteiger partial charge in [-0.15, -0.1) is 0 Å². The molecule has 260 valence electrons. The molecule has 0 amide bonds. The number of nitrogens with one attached hydrogen (secondary N) is 1. The molecule has 0 saturated heterocycles. The molecule has 4 unspecified atom stereocenters. The molecule has 3 nitrogen and oxygen atoms in total. The van der Waals surface area contributed by atoms with E-state index in [1.807, 2.05) is 0 Å². The highest BCUT2D eigenvalue weighted by atomic mass is 16.3. The van der Waals surface area contributed by atoms with E-state index in [-0.39, 0.29) is 21.7 Å². The maximum absolute atomic E-state index is 12.1. The molecule has 0 heterocycles. The first-order valence-electron chi connectivity index (χ1n) is 19.3. The van der Waals surface area contributed by atoms with Gasteiger partial charge in [0.2, 0.25) is 0 Å². The lowest BCUT2D eigenvalue weighted by molar-refractivity contribution is 0.0759. The van der Waals surface area contributed by atoms with Gasteiger partial charge < -0.3 is 15.5 Å². The molecular weight excluding hydrogens is 574 g/mol. The molecule has 4 aliphatic rings. The summed E-state index contributed by atoms with van der Waals surface area (Å²) in [5, 5.41) is 27.9. The Kier molecular flexibility index (Phi) is 9.19. The summed E-state index contributed by atoms with van der Waals surface area (Å²) >= 11 is 0. The van der Waals surface area contributed by atoms with Gasteiger partial charge in [-0.2, -0.15) is 0 Å². The Morgan fingerprint density at radius 3 is 1.17 bits per heavy atom. The van der Waals surface area contributed by atoms with Gasteiger partial charge in [-0.05, 0) is 133 Å². The lowest BCUT2D eigenvalue weighted by Gasteiger charge is -2.51. The summed E-state index contributed by atoms with van der Waals surface area (Å²) in [7, 11) is 0. The zero-order chi connectivity index (χ0) is 34.1. The second-order valence-electron chi connectivity index (χ2n) is 20.0. The molecule has 4 fully saturated rings. The topological polar surface area (TPSA) is 52.5 Å². The molecule has 2 aromatic carbocycles. The Morgan fingerprint density at radius 1 is 0.553 bits per heavy atom. The van der Waals surface area contributed by atoms with Gasteiger partial charge in [-0.3, -0.25) is 0 Å². The van der Waals surface area contributed by atoms with Gasteiger partial charge in [0.25, 0.3) is 0 Å². The van der Waals surface area contributed by atoms with Crippen LogP contribution in [0.1, 0.15) is 167 Å². The van der Waals surface area contributed by atoms with Crippen molar-refractivity contribution in [2.24, 2.45) is 35.5 Å². The zero-order valence-electron chi connectivity index (χ0n) is 31.7. The van der Waals surface area contributed by atoms with Gasteiger partial charge in [-0.1, -0.05) is 93.5 Å². The van der Waals surface area contributed by atoms with Crippen molar-refractivity contribution in [2.45, 2.75) is 168 Å². The Labute approximate surface area is 287 Å². The molecule has 0 aromatic heterocycles. The van der Waals surface area contributed by atoms with E-state index in [1.165, 1.54) is 86.5 Å². The predicted molar refractivity (Wildman–Crippen MR) is 197 cm³/mol. The van der Waals surface area contributed by atoms with Crippen molar-refractivity contribution in [1.82, 2.24) is 5.32 Å². The number of hydrogen-bond acceptors (Lipinski definition) is 3. The van der Waals surface area contributed by atoms with Gasteiger partial charge in [0.15, 0.2) is 0 Å². The van der Waals surface area contributed by atoms with Gasteiger partial charge in [0.1, 0.15) is 11.5 Å². The van der Waals surface area contributed by atoms with Crippen molar-refractivity contribution in [3.63, 3.8) is 0 Å². The van der Waals surface area contributed by atoms with Crippen LogP contribution in [0.5, 0.6) is 11.5 Å². The quantitative estimate of drug-likeness (QED) is 0.294. The fraction of sp³-hybridized carbons (Fsp3) is 0.727. The molecule has 0 aliphatic heterocycles. The highest BCUT2D eigenvalue weighted by Crippen LogP contribution is 2.58. The molecule has 47 heavy (non-hydrogen) atoms. The van der Waals surface area contributed by atoms with E-state index in [0.717, 1.165) is 23.0 Å². The van der Waals surface area contributed by atoms with Crippen LogP contribution in [-0.2, 0) is 34.7 Å². The van der Waals surface area contributed by atoms with Crippen LogP contribution in [0.4, 0.5) is 0 Å². The lowest BCUT2D eigenvalue weighted by Crippen LogP contribution is -2.42. The van der Waals surface area contributed by atoms with Crippen LogP contribution in [0, 0.1) is 35.5 Å². The average Bonchev–Trinajstić information content (AvgIpc) is 2.91. The summed E-state index contributed by atoms with van der Waals surface area (Å²) in [5.74, 6) is 5.34. The van der Waals surface area contributed by atoms with Crippen LogP contribution >= 0.6 is 0 Å². The smallest absolute Gasteiger partial charge is 0.123 e. The van der Waals surface area contributed by atoms with E-state index in [9.17, 15) is 10.2 Å². The van der Waals surface area contributed by atoms with Crippen LogP contribution in [0.3, 0.4) is 0 Å². The number of aromatic hydroxyl groups is 2. The summed E-state index contributed by atoms with van der Waals surface area (Å²) in [4.78, 5) is 0. The average molecular weight is 642 g/mol. The normalized spacial score (nSPS) is 34.3. The van der Waals surface area contributed by atoms with Crippen molar-refractivity contribution in [2.75, 3.05) is 0 Å². The summed E-state index contributed by atoms with van der Waals surface area (Å²) in [6, 6.07) is 9.25. The Bertz CT molecular complexity index is 1310. The Morgan fingerprint density at radius 2 is 0.872 bits per heavy atom. The van der Waals surface area contributed by atoms with E-state index in [2.05, 4.69) is 98.8 Å². The van der Waals surface area contributed by atoms with Crippen molar-refractivity contribution < 1.29 is 10.2 Å². The van der Waals surface area contributed by atoms with Crippen molar-refractivity contribution >= 4 is 0 Å². The number of phenolic OH excluding ortho intramolecular Hbond substituents is 2. The number of rotatable bonds is 6. The monoisotopic (exact) mass is 642 g/mol. The molecule has 0 radical (unpaired) electrons. The first-order chi connectivity index (χ1) is 21.9. The minimum atomic E-state index is -0.00650. The van der Waals surface area contributed by atoms with Crippen LogP contribution in [0.2, 0.25) is 0 Å². The number of hydrogen-bond donors (Lipinski definition) is 3. The molecule has 4 bridgehead atoms. The van der Waals surface area contributed by atoms with Crippen molar-refractivity contribution in [1.29, 1.82) is 0 Å². The Balaban J connectivity index is 1.34. The van der Waals surface area contributed by atoms with Crippen molar-refractivity contribution in [3.8, 4) is 11.5 Å². The molecule has 2 aromatic rings. The molecule has 0 spiro atoms. The molecule has 3 N–H and O–H groups in total. The van der Waals surface area contributed by atoms with E-state index in [0.29, 0.717) is 48.3 Å². The summed E-state index contributed by atoms with van der Waals surface area (Å²) in [6.45, 7) is 24.7. The summed E-state index contributed by atoms with van der Waals surface area (Å²) < 4.78 is 0. The predicted octanol–water partition coefficient (Wildman–Crippen LogP) is 11.2. The summed E-state index contributed by atoms with van der Waals surface area (Å²) in [6.07, 6.45) is 12.5. The first kappa shape index (κ1) is 34.8. The number of benzene rings is 2. The Hall–Kier alpha value is -2.00. The molecule has 4 saturated carbocycles. The maximum Gasteiger partial charge on any atom is 0.123 e. The molecular formula is C44H67NO2. The molecule has 6 rings (SSSR count). The highest BCUT2D eigenvalue weighted by Gasteiger charge is 2.48. The molecule has 3 heteroatoms. The van der Waals surface area contributed by atoms with E-state index < -0.39 is 0 Å². The van der Waals surface area contributed by atoms with Crippen molar-refractivity contribution in [3.05, 3.63) is 57.6 Å². The standard InChI is InChI=1S/C44H67NO2/c1-27-11-31-12-28(2)20-43(19-27,23-31)37-17-35(41(5,6)7)15-33(39(37)46)25-45-26-34-16-36(42(8,9)10)18-38(40(34)47)44-21-29(3)13-32(24-44)14-30(4)22-44/h15-18,27-32,45-47H,11-14,19-26H2,1-10H3. The largest absolute Gasteiger partial charge is 0.507 e. The zero-order valence-corrected chi connectivity index (χ0v) is 31.7. The number of fused-ring (bicyclic) bond motifs is 4. The fourth-order valence-electron chi connectivity index (χ4n) is 11.7. The highest BCUT2D eigenvalue weighted by molar-refractivity contribution is 5.52. The van der Waals surface area contributed by atoms with Crippen LogP contribution in [0.15, 0.2) is 24.3 Å². The minimum absolute atomic E-state index is 0.00650. The lowest BCUT2D eigenvalue weighted by atomic mass is 9.54. The fourth-order valence-corrected chi connectivity index (χ4v) is 11.7. The second-order valence-corrected chi connectivity index (χ2v) is 20.0.